The van der Waals surface area contributed by atoms with Crippen LogP contribution in [0.25, 0.3) is 11.8 Å². The van der Waals surface area contributed by atoms with Gasteiger partial charge >= 0.3 is 0 Å². The highest BCUT2D eigenvalue weighted by molar-refractivity contribution is 8.18. The number of hydrogen-bond donors (Lipinski definition) is 1. The second-order valence-electron chi connectivity index (χ2n) is 7.60. The molecule has 3 aromatic rings. The second-order valence-corrected chi connectivity index (χ2v) is 8.61. The molecule has 4 rings (SSSR count). The molecular formula is C25H23FN4O2S. The van der Waals surface area contributed by atoms with E-state index < -0.39 is 5.91 Å². The maximum Gasteiger partial charge on any atom is 0.266 e. The molecule has 168 valence electrons. The van der Waals surface area contributed by atoms with Gasteiger partial charge in [-0.3, -0.25) is 14.5 Å². The van der Waals surface area contributed by atoms with E-state index in [-0.39, 0.29) is 11.7 Å². The van der Waals surface area contributed by atoms with Crippen molar-refractivity contribution in [3.63, 3.8) is 0 Å². The van der Waals surface area contributed by atoms with E-state index in [1.54, 1.807) is 29.2 Å². The monoisotopic (exact) mass is 462 g/mol. The zero-order valence-electron chi connectivity index (χ0n) is 18.5. The molecule has 0 spiro atoms. The standard InChI is InChI=1S/C25H23FN4O2S/c1-4-29-24(32)22(33-25(29)28-20-9-7-19(26)8-10-20)14-18-13-15(2)30(16(18)3)21-11-5-17(6-12-21)23(27)31/h5-14H,4H2,1-3H3,(H2,27,31)/b22-14+,28-25?. The first-order chi connectivity index (χ1) is 15.8. The number of nitrogens with two attached hydrogens (primary N) is 1. The minimum atomic E-state index is -0.469. The van der Waals surface area contributed by atoms with Crippen LogP contribution in [-0.2, 0) is 4.79 Å². The summed E-state index contributed by atoms with van der Waals surface area (Å²) < 4.78 is 15.3. The smallest absolute Gasteiger partial charge is 0.266 e. The molecule has 0 atom stereocenters. The Morgan fingerprint density at radius 3 is 2.39 bits per heavy atom. The molecular weight excluding hydrogens is 439 g/mol. The number of aromatic nitrogens is 1. The summed E-state index contributed by atoms with van der Waals surface area (Å²) in [6.45, 7) is 6.34. The lowest BCUT2D eigenvalue weighted by molar-refractivity contribution is -0.122. The van der Waals surface area contributed by atoms with Gasteiger partial charge in [0, 0.05) is 29.2 Å². The van der Waals surface area contributed by atoms with Crippen molar-refractivity contribution in [2.24, 2.45) is 10.7 Å². The number of aryl methyl sites for hydroxylation is 1. The van der Waals surface area contributed by atoms with E-state index in [4.69, 9.17) is 5.73 Å². The summed E-state index contributed by atoms with van der Waals surface area (Å²) >= 11 is 1.30. The Labute approximate surface area is 195 Å². The van der Waals surface area contributed by atoms with Crippen molar-refractivity contribution in [1.29, 1.82) is 0 Å². The van der Waals surface area contributed by atoms with Gasteiger partial charge in [-0.2, -0.15) is 0 Å². The molecule has 2 amide bonds. The Bertz CT molecular complexity index is 1290. The average molecular weight is 463 g/mol. The Kier molecular flexibility index (Phi) is 6.20. The summed E-state index contributed by atoms with van der Waals surface area (Å²) in [6, 6.07) is 15.0. The highest BCUT2D eigenvalue weighted by atomic mass is 32.2. The van der Waals surface area contributed by atoms with Gasteiger partial charge < -0.3 is 10.3 Å². The minimum absolute atomic E-state index is 0.112. The van der Waals surface area contributed by atoms with Crippen LogP contribution in [0.1, 0.15) is 34.2 Å². The predicted molar refractivity (Wildman–Crippen MR) is 130 cm³/mol. The lowest BCUT2D eigenvalue weighted by Gasteiger charge is -2.12. The molecule has 0 saturated carbocycles. The number of amidine groups is 1. The van der Waals surface area contributed by atoms with Crippen molar-refractivity contribution in [1.82, 2.24) is 9.47 Å². The van der Waals surface area contributed by atoms with Gasteiger partial charge in [-0.05, 0) is 98.8 Å². The topological polar surface area (TPSA) is 80.7 Å². The van der Waals surface area contributed by atoms with Crippen LogP contribution in [0.15, 0.2) is 64.5 Å². The number of amides is 2. The normalized spacial score (nSPS) is 16.2. The van der Waals surface area contributed by atoms with Gasteiger partial charge in [-0.25, -0.2) is 9.38 Å². The SMILES string of the molecule is CCN1C(=O)/C(=C\c2cc(C)n(-c3ccc(C(N)=O)cc3)c2C)SC1=Nc1ccc(F)cc1. The lowest BCUT2D eigenvalue weighted by atomic mass is 10.2. The first kappa shape index (κ1) is 22.5. The van der Waals surface area contributed by atoms with Crippen molar-refractivity contribution in [2.45, 2.75) is 20.8 Å². The van der Waals surface area contributed by atoms with Gasteiger partial charge in [0.1, 0.15) is 5.82 Å². The molecule has 0 unspecified atom stereocenters. The van der Waals surface area contributed by atoms with Crippen molar-refractivity contribution >= 4 is 40.5 Å². The van der Waals surface area contributed by atoms with Crippen molar-refractivity contribution in [3.05, 3.63) is 87.8 Å². The molecule has 0 bridgehead atoms. The number of nitrogens with zero attached hydrogens (tertiary/aromatic N) is 3. The molecule has 8 heteroatoms. The minimum Gasteiger partial charge on any atom is -0.366 e. The fraction of sp³-hybridized carbons (Fsp3) is 0.160. The Hall–Kier alpha value is -3.65. The highest BCUT2D eigenvalue weighted by Gasteiger charge is 2.32. The van der Waals surface area contributed by atoms with Crippen LogP contribution in [0.2, 0.25) is 0 Å². The first-order valence-electron chi connectivity index (χ1n) is 10.4. The van der Waals surface area contributed by atoms with Gasteiger partial charge in [0.2, 0.25) is 5.91 Å². The first-order valence-corrected chi connectivity index (χ1v) is 11.2. The quantitative estimate of drug-likeness (QED) is 0.545. The molecule has 33 heavy (non-hydrogen) atoms. The summed E-state index contributed by atoms with van der Waals surface area (Å²) in [5, 5.41) is 0.566. The number of carbonyl (C=O) groups is 2. The van der Waals surface area contributed by atoms with E-state index in [2.05, 4.69) is 9.56 Å². The number of thioether (sulfide) groups is 1. The zero-order chi connectivity index (χ0) is 23.7. The number of likely N-dealkylation sites (N-methyl/N-ethyl adjacent to an activating group) is 1. The summed E-state index contributed by atoms with van der Waals surface area (Å²) in [5.41, 5.74) is 10.2. The van der Waals surface area contributed by atoms with Crippen LogP contribution in [0.4, 0.5) is 10.1 Å². The number of aliphatic imine (C=N–C) groups is 1. The molecule has 2 N–H and O–H groups in total. The highest BCUT2D eigenvalue weighted by Crippen LogP contribution is 2.35. The summed E-state index contributed by atoms with van der Waals surface area (Å²) in [7, 11) is 0. The molecule has 1 saturated heterocycles. The maximum atomic E-state index is 13.2. The fourth-order valence-corrected chi connectivity index (χ4v) is 4.80. The molecule has 1 aliphatic rings. The predicted octanol–water partition coefficient (Wildman–Crippen LogP) is 4.96. The zero-order valence-corrected chi connectivity index (χ0v) is 19.3. The number of hydrogen-bond acceptors (Lipinski definition) is 4. The van der Waals surface area contributed by atoms with E-state index in [9.17, 15) is 14.0 Å². The van der Waals surface area contributed by atoms with Crippen LogP contribution in [-0.4, -0.2) is 33.0 Å². The van der Waals surface area contributed by atoms with E-state index in [1.807, 2.05) is 45.0 Å². The fourth-order valence-electron chi connectivity index (χ4n) is 3.74. The van der Waals surface area contributed by atoms with Crippen molar-refractivity contribution in [3.8, 4) is 5.69 Å². The van der Waals surface area contributed by atoms with Crippen LogP contribution in [0.3, 0.4) is 0 Å². The third kappa shape index (κ3) is 4.47. The second kappa shape index (κ2) is 9.07. The molecule has 1 aromatic heterocycles. The van der Waals surface area contributed by atoms with Crippen LogP contribution in [0.5, 0.6) is 0 Å². The van der Waals surface area contributed by atoms with Gasteiger partial charge in [-0.15, -0.1) is 0 Å². The lowest BCUT2D eigenvalue weighted by Crippen LogP contribution is -2.28. The molecule has 0 aliphatic carbocycles. The maximum absolute atomic E-state index is 13.2. The largest absolute Gasteiger partial charge is 0.366 e. The van der Waals surface area contributed by atoms with Crippen LogP contribution < -0.4 is 5.73 Å². The van der Waals surface area contributed by atoms with Gasteiger partial charge in [-0.1, -0.05) is 0 Å². The summed E-state index contributed by atoms with van der Waals surface area (Å²) in [4.78, 5) is 31.1. The Balaban J connectivity index is 1.67. The summed E-state index contributed by atoms with van der Waals surface area (Å²) in [6.07, 6.45) is 1.87. The number of rotatable bonds is 5. The number of benzene rings is 2. The van der Waals surface area contributed by atoms with Gasteiger partial charge in [0.15, 0.2) is 5.17 Å². The van der Waals surface area contributed by atoms with Crippen LogP contribution in [0, 0.1) is 19.7 Å². The molecule has 6 nitrogen and oxygen atoms in total. The third-order valence-corrected chi connectivity index (χ3v) is 6.43. The number of halogens is 1. The molecule has 1 fully saturated rings. The molecule has 1 aliphatic heterocycles. The summed E-state index contributed by atoms with van der Waals surface area (Å²) in [5.74, 6) is -0.913. The molecule has 2 heterocycles. The van der Waals surface area contributed by atoms with E-state index >= 15 is 0 Å². The Morgan fingerprint density at radius 2 is 1.79 bits per heavy atom. The molecule has 2 aromatic carbocycles. The van der Waals surface area contributed by atoms with Gasteiger partial charge in [0.25, 0.3) is 5.91 Å². The Morgan fingerprint density at radius 1 is 1.12 bits per heavy atom. The van der Waals surface area contributed by atoms with E-state index in [0.717, 1.165) is 22.6 Å². The van der Waals surface area contributed by atoms with Crippen molar-refractivity contribution < 1.29 is 14.0 Å². The third-order valence-electron chi connectivity index (χ3n) is 5.42. The number of carbonyl (C=O) groups excluding carboxylic acids is 2. The van der Waals surface area contributed by atoms with Gasteiger partial charge in [0.05, 0.1) is 10.6 Å². The van der Waals surface area contributed by atoms with Crippen LogP contribution >= 0.6 is 11.8 Å². The average Bonchev–Trinajstić information content (AvgIpc) is 3.24. The molecule has 0 radical (unpaired) electrons. The van der Waals surface area contributed by atoms with E-state index in [1.165, 1.54) is 23.9 Å². The van der Waals surface area contributed by atoms with E-state index in [0.29, 0.717) is 27.9 Å². The van der Waals surface area contributed by atoms with Crippen molar-refractivity contribution in [2.75, 3.05) is 6.54 Å². The number of primary amides is 1.